The summed E-state index contributed by atoms with van der Waals surface area (Å²) in [5.41, 5.74) is 4.70. The zero-order valence-electron chi connectivity index (χ0n) is 32.5. The van der Waals surface area contributed by atoms with E-state index in [1.807, 2.05) is 47.0 Å². The maximum atomic E-state index is 15.1. The number of carbonyl (C=O) groups excluding carboxylic acids is 1. The zero-order valence-corrected chi connectivity index (χ0v) is 32.5. The van der Waals surface area contributed by atoms with E-state index in [4.69, 9.17) is 14.6 Å². The van der Waals surface area contributed by atoms with Crippen LogP contribution < -0.4 is 20.3 Å². The molecule has 4 atom stereocenters. The van der Waals surface area contributed by atoms with Gasteiger partial charge in [0.15, 0.2) is 5.65 Å². The summed E-state index contributed by atoms with van der Waals surface area (Å²) < 4.78 is 31.0. The van der Waals surface area contributed by atoms with Gasteiger partial charge in [-0.25, -0.2) is 13.9 Å². The Hall–Kier alpha value is -5.01. The van der Waals surface area contributed by atoms with Crippen LogP contribution in [0.1, 0.15) is 101 Å². The number of hydrogen-bond donors (Lipinski definition) is 2. The number of amides is 2. The molecule has 0 radical (unpaired) electrons. The average Bonchev–Trinajstić information content (AvgIpc) is 3.77. The molecule has 12 nitrogen and oxygen atoms in total. The van der Waals surface area contributed by atoms with E-state index in [-0.39, 0.29) is 29.4 Å². The van der Waals surface area contributed by atoms with Crippen molar-refractivity contribution in [3.05, 3.63) is 95.1 Å². The second kappa shape index (κ2) is 15.3. The molecule has 5 heterocycles. The molecular formula is C42H52FN9O3. The number of carbonyl (C=O) groups is 1. The highest BCUT2D eigenvalue weighted by atomic mass is 19.1. The number of nitrogens with zero attached hydrogens (tertiary/aromatic N) is 7. The minimum Gasteiger partial charge on any atom is -0.484 e. The summed E-state index contributed by atoms with van der Waals surface area (Å²) in [6, 6.07) is 19.0. The minimum atomic E-state index is -0.363. The molecule has 3 aromatic heterocycles. The molecule has 2 amide bonds. The predicted octanol–water partition coefficient (Wildman–Crippen LogP) is 7.73. The first-order valence-electron chi connectivity index (χ1n) is 19.7. The first kappa shape index (κ1) is 36.9. The molecule has 0 unspecified atom stereocenters. The fraction of sp³-hybridized carbons (Fsp3) is 0.476. The summed E-state index contributed by atoms with van der Waals surface area (Å²) in [5, 5.41) is 20.2. The Balaban J connectivity index is 0.999. The van der Waals surface area contributed by atoms with Gasteiger partial charge in [0, 0.05) is 43.2 Å². The molecule has 2 N–H and O–H groups in total. The highest BCUT2D eigenvalue weighted by Gasteiger charge is 2.32. The van der Waals surface area contributed by atoms with E-state index in [9.17, 15) is 4.79 Å². The zero-order chi connectivity index (χ0) is 38.3. The normalized spacial score (nSPS) is 22.0. The number of urea groups is 1. The van der Waals surface area contributed by atoms with Crippen molar-refractivity contribution >= 4 is 23.4 Å². The number of piperidine rings is 1. The molecule has 2 saturated heterocycles. The van der Waals surface area contributed by atoms with Crippen LogP contribution in [0.2, 0.25) is 0 Å². The monoisotopic (exact) mass is 749 g/mol. The van der Waals surface area contributed by atoms with Crippen molar-refractivity contribution in [1.29, 1.82) is 0 Å². The van der Waals surface area contributed by atoms with E-state index >= 15 is 4.39 Å². The number of fused-ring (bicyclic) bond motifs is 2. The first-order valence-corrected chi connectivity index (χ1v) is 19.7. The molecule has 55 heavy (non-hydrogen) atoms. The van der Waals surface area contributed by atoms with Gasteiger partial charge in [-0.05, 0) is 93.0 Å². The third kappa shape index (κ3) is 7.90. The van der Waals surface area contributed by atoms with Crippen molar-refractivity contribution in [2.45, 2.75) is 103 Å². The van der Waals surface area contributed by atoms with Crippen molar-refractivity contribution < 1.29 is 18.7 Å². The topological polar surface area (TPSA) is 114 Å². The quantitative estimate of drug-likeness (QED) is 0.166. The molecule has 2 aliphatic heterocycles. The second-order valence-electron chi connectivity index (χ2n) is 16.4. The van der Waals surface area contributed by atoms with Crippen molar-refractivity contribution in [3.8, 4) is 11.4 Å². The number of morpholine rings is 1. The Labute approximate surface area is 322 Å². The van der Waals surface area contributed by atoms with E-state index in [1.54, 1.807) is 10.7 Å². The number of rotatable bonds is 8. The number of hydrogen-bond acceptors (Lipinski definition) is 8. The van der Waals surface area contributed by atoms with Gasteiger partial charge in [-0.1, -0.05) is 45.0 Å². The Morgan fingerprint density at radius 3 is 2.47 bits per heavy atom. The SMILES string of the molecule is C[C@@H]1CCC[C@H](C)N1c1nnc2ccc(O[C@@H]3CC[C@H](NC(=O)Nc4cc(C(C)(C)C)nn4-c4cc(F)cc(CN5CCOCC5)c4)c4ccccc43)cn12. The minimum absolute atomic E-state index is 0.196. The van der Waals surface area contributed by atoms with E-state index in [2.05, 4.69) is 77.4 Å². The van der Waals surface area contributed by atoms with Gasteiger partial charge in [-0.2, -0.15) is 5.10 Å². The van der Waals surface area contributed by atoms with Crippen LogP contribution in [0.4, 0.5) is 21.0 Å². The summed E-state index contributed by atoms with van der Waals surface area (Å²) in [6.07, 6.45) is 6.67. The molecule has 2 aromatic carbocycles. The lowest BCUT2D eigenvalue weighted by molar-refractivity contribution is 0.0341. The smallest absolute Gasteiger partial charge is 0.320 e. The van der Waals surface area contributed by atoms with E-state index in [0.29, 0.717) is 56.2 Å². The first-order chi connectivity index (χ1) is 26.5. The molecule has 3 aliphatic rings. The van der Waals surface area contributed by atoms with Gasteiger partial charge in [0.2, 0.25) is 5.95 Å². The third-order valence-electron chi connectivity index (χ3n) is 11.2. The van der Waals surface area contributed by atoms with Crippen LogP contribution in [0, 0.1) is 5.82 Å². The molecule has 13 heteroatoms. The van der Waals surface area contributed by atoms with Gasteiger partial charge in [-0.15, -0.1) is 10.2 Å². The highest BCUT2D eigenvalue weighted by molar-refractivity contribution is 5.89. The largest absolute Gasteiger partial charge is 0.484 e. The Morgan fingerprint density at radius 1 is 0.945 bits per heavy atom. The molecule has 0 saturated carbocycles. The molecule has 290 valence electrons. The summed E-state index contributed by atoms with van der Waals surface area (Å²) >= 11 is 0. The van der Waals surface area contributed by atoms with Crippen LogP contribution in [-0.2, 0) is 16.7 Å². The number of benzene rings is 2. The van der Waals surface area contributed by atoms with Gasteiger partial charge in [0.05, 0.1) is 36.8 Å². The number of ether oxygens (including phenoxy) is 2. The van der Waals surface area contributed by atoms with Crippen LogP contribution in [0.25, 0.3) is 11.3 Å². The van der Waals surface area contributed by atoms with Gasteiger partial charge in [0.1, 0.15) is 23.5 Å². The van der Waals surface area contributed by atoms with Crippen LogP contribution >= 0.6 is 0 Å². The molecule has 0 spiro atoms. The van der Waals surface area contributed by atoms with E-state index in [0.717, 1.165) is 65.7 Å². The molecule has 8 rings (SSSR count). The van der Waals surface area contributed by atoms with Gasteiger partial charge in [0.25, 0.3) is 0 Å². The standard InChI is InChI=1S/C42H52FN9O3/c1-27-9-8-10-28(2)51(27)41-47-46-38-16-13-32(26-50(38)41)55-36-15-14-35(33-11-6-7-12-34(33)36)44-40(53)45-39-24-37(42(3,4)5)48-52(39)31-22-29(21-30(43)23-31)25-49-17-19-54-20-18-49/h6-7,11-13,16,21-24,26-28,35-36H,8-10,14-15,17-20,25H2,1-5H3,(H2,44,45,53)/t27-,28+,35-,36+/m0/s1. The maximum Gasteiger partial charge on any atom is 0.320 e. The fourth-order valence-electron chi connectivity index (χ4n) is 8.32. The summed E-state index contributed by atoms with van der Waals surface area (Å²) in [4.78, 5) is 18.4. The lowest BCUT2D eigenvalue weighted by Gasteiger charge is -2.39. The Morgan fingerprint density at radius 2 is 1.71 bits per heavy atom. The lowest BCUT2D eigenvalue weighted by Crippen LogP contribution is -2.44. The van der Waals surface area contributed by atoms with Crippen molar-refractivity contribution in [2.75, 3.05) is 36.5 Å². The lowest BCUT2D eigenvalue weighted by atomic mass is 9.85. The van der Waals surface area contributed by atoms with E-state index < -0.39 is 0 Å². The molecule has 1 aliphatic carbocycles. The molecular weight excluding hydrogens is 698 g/mol. The number of pyridine rings is 1. The van der Waals surface area contributed by atoms with Gasteiger partial charge in [-0.3, -0.25) is 14.6 Å². The molecule has 2 fully saturated rings. The average molecular weight is 750 g/mol. The van der Waals surface area contributed by atoms with Crippen molar-refractivity contribution in [1.82, 2.24) is 34.6 Å². The molecule has 0 bridgehead atoms. The van der Waals surface area contributed by atoms with Crippen LogP contribution in [-0.4, -0.2) is 73.7 Å². The fourth-order valence-corrected chi connectivity index (χ4v) is 8.32. The maximum absolute atomic E-state index is 15.1. The number of anilines is 2. The van der Waals surface area contributed by atoms with Gasteiger partial charge < -0.3 is 19.7 Å². The third-order valence-corrected chi connectivity index (χ3v) is 11.2. The summed E-state index contributed by atoms with van der Waals surface area (Å²) in [5.74, 6) is 1.70. The number of halogens is 1. The summed E-state index contributed by atoms with van der Waals surface area (Å²) in [7, 11) is 0. The highest BCUT2D eigenvalue weighted by Crippen LogP contribution is 2.39. The number of nitrogens with one attached hydrogen (secondary N) is 2. The predicted molar refractivity (Wildman–Crippen MR) is 210 cm³/mol. The van der Waals surface area contributed by atoms with Crippen LogP contribution in [0.15, 0.2) is 66.9 Å². The Bertz CT molecular complexity index is 2140. The number of aromatic nitrogens is 5. The van der Waals surface area contributed by atoms with Crippen LogP contribution in [0.5, 0.6) is 5.75 Å². The Kier molecular flexibility index (Phi) is 10.2. The van der Waals surface area contributed by atoms with E-state index in [1.165, 1.54) is 12.5 Å². The second-order valence-corrected chi connectivity index (χ2v) is 16.4. The summed E-state index contributed by atoms with van der Waals surface area (Å²) in [6.45, 7) is 14.2. The van der Waals surface area contributed by atoms with Crippen molar-refractivity contribution in [3.63, 3.8) is 0 Å². The van der Waals surface area contributed by atoms with Crippen molar-refractivity contribution in [2.24, 2.45) is 0 Å². The van der Waals surface area contributed by atoms with Crippen LogP contribution in [0.3, 0.4) is 0 Å². The van der Waals surface area contributed by atoms with Gasteiger partial charge >= 0.3 is 6.03 Å². The molecule has 5 aromatic rings.